The minimum atomic E-state index is -0.294. The Morgan fingerprint density at radius 3 is 2.54 bits per heavy atom. The zero-order chi connectivity index (χ0) is 19.5. The maximum atomic E-state index is 13.1. The minimum Gasteiger partial charge on any atom is -0.342 e. The SMILES string of the molecule is C[C@@H](Sc1nc2sccc2c(=O)n1-c1ccccc1)C(=O)N1CCCCCC1. The van der Waals surface area contributed by atoms with Gasteiger partial charge in [0.2, 0.25) is 5.91 Å². The number of likely N-dealkylation sites (tertiary alicyclic amines) is 1. The van der Waals surface area contributed by atoms with Crippen molar-refractivity contribution < 1.29 is 4.79 Å². The third-order valence-electron chi connectivity index (χ3n) is 5.03. The molecule has 1 atom stereocenters. The van der Waals surface area contributed by atoms with Gasteiger partial charge in [0.25, 0.3) is 5.56 Å². The number of para-hydroxylation sites is 1. The monoisotopic (exact) mass is 413 g/mol. The number of nitrogens with zero attached hydrogens (tertiary/aromatic N) is 3. The van der Waals surface area contributed by atoms with Crippen LogP contribution in [0, 0.1) is 0 Å². The van der Waals surface area contributed by atoms with Crippen LogP contribution in [0.25, 0.3) is 15.9 Å². The molecule has 3 aromatic rings. The predicted octanol–water partition coefficient (Wildman–Crippen LogP) is 4.33. The van der Waals surface area contributed by atoms with Gasteiger partial charge in [-0.25, -0.2) is 4.98 Å². The molecule has 0 N–H and O–H groups in total. The van der Waals surface area contributed by atoms with Gasteiger partial charge in [0.1, 0.15) is 4.83 Å². The molecule has 1 amide bonds. The van der Waals surface area contributed by atoms with Gasteiger partial charge >= 0.3 is 0 Å². The quantitative estimate of drug-likeness (QED) is 0.472. The molecule has 0 saturated carbocycles. The molecular formula is C21H23N3O2S2. The fraction of sp³-hybridized carbons (Fsp3) is 0.381. The maximum absolute atomic E-state index is 13.1. The number of benzene rings is 1. The van der Waals surface area contributed by atoms with Crippen molar-refractivity contribution in [2.24, 2.45) is 0 Å². The molecule has 2 aromatic heterocycles. The second-order valence-corrected chi connectivity index (χ2v) is 9.21. The Kier molecular flexibility index (Phi) is 5.82. The van der Waals surface area contributed by atoms with Crippen LogP contribution in [0.3, 0.4) is 0 Å². The van der Waals surface area contributed by atoms with E-state index in [1.807, 2.05) is 53.6 Å². The number of thiophene rings is 1. The maximum Gasteiger partial charge on any atom is 0.267 e. The highest BCUT2D eigenvalue weighted by molar-refractivity contribution is 8.00. The Labute approximate surface area is 172 Å². The molecule has 1 aliphatic heterocycles. The fourth-order valence-corrected chi connectivity index (χ4v) is 5.35. The summed E-state index contributed by atoms with van der Waals surface area (Å²) in [5.74, 6) is 0.132. The Balaban J connectivity index is 1.69. The van der Waals surface area contributed by atoms with E-state index in [2.05, 4.69) is 0 Å². The molecule has 0 radical (unpaired) electrons. The van der Waals surface area contributed by atoms with Gasteiger partial charge in [-0.3, -0.25) is 14.2 Å². The summed E-state index contributed by atoms with van der Waals surface area (Å²) in [6.07, 6.45) is 4.51. The summed E-state index contributed by atoms with van der Waals surface area (Å²) in [4.78, 5) is 33.5. The lowest BCUT2D eigenvalue weighted by Crippen LogP contribution is -2.37. The van der Waals surface area contributed by atoms with Gasteiger partial charge in [0, 0.05) is 13.1 Å². The van der Waals surface area contributed by atoms with E-state index < -0.39 is 0 Å². The zero-order valence-corrected chi connectivity index (χ0v) is 17.5. The molecule has 1 aromatic carbocycles. The highest BCUT2D eigenvalue weighted by Crippen LogP contribution is 2.28. The highest BCUT2D eigenvalue weighted by Gasteiger charge is 2.25. The molecule has 1 saturated heterocycles. The Bertz CT molecular complexity index is 1020. The van der Waals surface area contributed by atoms with Gasteiger partial charge in [0.05, 0.1) is 16.3 Å². The number of thioether (sulfide) groups is 1. The van der Waals surface area contributed by atoms with Crippen molar-refractivity contribution in [3.05, 3.63) is 52.1 Å². The molecule has 0 spiro atoms. The van der Waals surface area contributed by atoms with E-state index in [4.69, 9.17) is 4.98 Å². The summed E-state index contributed by atoms with van der Waals surface area (Å²) >= 11 is 2.83. The molecule has 0 aliphatic carbocycles. The number of carbonyl (C=O) groups excluding carboxylic acids is 1. The third kappa shape index (κ3) is 3.86. The Morgan fingerprint density at radius 1 is 1.11 bits per heavy atom. The first kappa shape index (κ1) is 19.2. The van der Waals surface area contributed by atoms with E-state index in [1.165, 1.54) is 35.9 Å². The smallest absolute Gasteiger partial charge is 0.267 e. The molecule has 1 fully saturated rings. The van der Waals surface area contributed by atoms with Crippen LogP contribution in [-0.4, -0.2) is 38.7 Å². The normalized spacial score (nSPS) is 16.1. The van der Waals surface area contributed by atoms with Crippen LogP contribution in [0.15, 0.2) is 51.7 Å². The van der Waals surface area contributed by atoms with Crippen molar-refractivity contribution in [3.8, 4) is 5.69 Å². The fourth-order valence-electron chi connectivity index (χ4n) is 3.54. The molecular weight excluding hydrogens is 390 g/mol. The summed E-state index contributed by atoms with van der Waals surface area (Å²) in [7, 11) is 0. The molecule has 3 heterocycles. The first-order chi connectivity index (χ1) is 13.6. The lowest BCUT2D eigenvalue weighted by atomic mass is 10.2. The minimum absolute atomic E-state index is 0.0885. The number of hydrogen-bond acceptors (Lipinski definition) is 5. The molecule has 28 heavy (non-hydrogen) atoms. The molecule has 0 bridgehead atoms. The third-order valence-corrected chi connectivity index (χ3v) is 6.88. The highest BCUT2D eigenvalue weighted by atomic mass is 32.2. The summed E-state index contributed by atoms with van der Waals surface area (Å²) in [5, 5.41) is 2.78. The van der Waals surface area contributed by atoms with Crippen molar-refractivity contribution in [3.63, 3.8) is 0 Å². The van der Waals surface area contributed by atoms with Crippen molar-refractivity contribution in [2.45, 2.75) is 43.0 Å². The molecule has 0 unspecified atom stereocenters. The number of fused-ring (bicyclic) bond motifs is 1. The molecule has 4 rings (SSSR count). The average molecular weight is 414 g/mol. The number of amides is 1. The second-order valence-electron chi connectivity index (χ2n) is 7.01. The lowest BCUT2D eigenvalue weighted by molar-refractivity contribution is -0.130. The van der Waals surface area contributed by atoms with Crippen molar-refractivity contribution in [1.29, 1.82) is 0 Å². The largest absolute Gasteiger partial charge is 0.342 e. The van der Waals surface area contributed by atoms with Gasteiger partial charge in [-0.1, -0.05) is 42.8 Å². The summed E-state index contributed by atoms with van der Waals surface area (Å²) < 4.78 is 1.63. The van der Waals surface area contributed by atoms with Crippen molar-refractivity contribution >= 4 is 39.2 Å². The van der Waals surface area contributed by atoms with E-state index in [0.29, 0.717) is 15.4 Å². The van der Waals surface area contributed by atoms with Gasteiger partial charge < -0.3 is 4.90 Å². The summed E-state index contributed by atoms with van der Waals surface area (Å²) in [5.41, 5.74) is 0.680. The van der Waals surface area contributed by atoms with Crippen LogP contribution in [-0.2, 0) is 4.79 Å². The van der Waals surface area contributed by atoms with E-state index >= 15 is 0 Å². The topological polar surface area (TPSA) is 55.2 Å². The average Bonchev–Trinajstić information content (AvgIpc) is 3.01. The number of hydrogen-bond donors (Lipinski definition) is 0. The van der Waals surface area contributed by atoms with Crippen LogP contribution in [0.4, 0.5) is 0 Å². The van der Waals surface area contributed by atoms with Crippen LogP contribution in [0.5, 0.6) is 0 Å². The van der Waals surface area contributed by atoms with Gasteiger partial charge in [0.15, 0.2) is 5.16 Å². The zero-order valence-electron chi connectivity index (χ0n) is 15.8. The van der Waals surface area contributed by atoms with Crippen LogP contribution in [0.1, 0.15) is 32.6 Å². The Morgan fingerprint density at radius 2 is 1.82 bits per heavy atom. The van der Waals surface area contributed by atoms with Gasteiger partial charge in [-0.2, -0.15) is 0 Å². The molecule has 1 aliphatic rings. The molecule has 7 heteroatoms. The standard InChI is InChI=1S/C21H23N3O2S2/c1-15(19(25)23-12-7-2-3-8-13-23)28-21-22-18-17(11-14-27-18)20(26)24(21)16-9-5-4-6-10-16/h4-6,9-11,14-15H,2-3,7-8,12-13H2,1H3/t15-/m1/s1. The van der Waals surface area contributed by atoms with E-state index in [9.17, 15) is 9.59 Å². The summed E-state index contributed by atoms with van der Waals surface area (Å²) in [6, 6.07) is 11.3. The number of carbonyl (C=O) groups is 1. The van der Waals surface area contributed by atoms with E-state index in [0.717, 1.165) is 31.6 Å². The van der Waals surface area contributed by atoms with E-state index in [1.54, 1.807) is 4.57 Å². The Hall–Kier alpha value is -2.12. The van der Waals surface area contributed by atoms with E-state index in [-0.39, 0.29) is 16.7 Å². The van der Waals surface area contributed by atoms with Gasteiger partial charge in [-0.05, 0) is 43.3 Å². The first-order valence-electron chi connectivity index (χ1n) is 9.66. The number of rotatable bonds is 4. The van der Waals surface area contributed by atoms with Crippen molar-refractivity contribution in [1.82, 2.24) is 14.5 Å². The molecule has 5 nitrogen and oxygen atoms in total. The van der Waals surface area contributed by atoms with Crippen molar-refractivity contribution in [2.75, 3.05) is 13.1 Å². The molecule has 146 valence electrons. The predicted molar refractivity (Wildman–Crippen MR) is 116 cm³/mol. The van der Waals surface area contributed by atoms with Crippen LogP contribution < -0.4 is 5.56 Å². The first-order valence-corrected chi connectivity index (χ1v) is 11.4. The van der Waals surface area contributed by atoms with Gasteiger partial charge in [-0.15, -0.1) is 11.3 Å². The van der Waals surface area contributed by atoms with Crippen LogP contribution >= 0.6 is 23.1 Å². The number of aromatic nitrogens is 2. The second kappa shape index (κ2) is 8.49. The van der Waals surface area contributed by atoms with Crippen LogP contribution in [0.2, 0.25) is 0 Å². The summed E-state index contributed by atoms with van der Waals surface area (Å²) in [6.45, 7) is 3.57. The lowest BCUT2D eigenvalue weighted by Gasteiger charge is -2.24.